The predicted octanol–water partition coefficient (Wildman–Crippen LogP) is 1.86. The highest BCUT2D eigenvalue weighted by Gasteiger charge is 2.16. The Kier molecular flexibility index (Phi) is 6.22. The third-order valence-electron chi connectivity index (χ3n) is 3.64. The average molecular weight is 365 g/mol. The lowest BCUT2D eigenvalue weighted by Crippen LogP contribution is -2.37. The van der Waals surface area contributed by atoms with Gasteiger partial charge in [-0.1, -0.05) is 6.07 Å². The summed E-state index contributed by atoms with van der Waals surface area (Å²) < 4.78 is 40.2. The number of nitrogens with zero attached hydrogens (tertiary/aromatic N) is 2. The van der Waals surface area contributed by atoms with Gasteiger partial charge in [0, 0.05) is 26.2 Å². The summed E-state index contributed by atoms with van der Waals surface area (Å²) in [5.74, 6) is -0.639. The number of hydrogen-bond donors (Lipinski definition) is 1. The Bertz CT molecular complexity index is 841. The van der Waals surface area contributed by atoms with Gasteiger partial charge in [-0.25, -0.2) is 17.5 Å². The first-order chi connectivity index (χ1) is 11.8. The van der Waals surface area contributed by atoms with E-state index in [4.69, 9.17) is 0 Å². The predicted molar refractivity (Wildman–Crippen MR) is 91.7 cm³/mol. The molecule has 1 N–H and O–H groups in total. The van der Waals surface area contributed by atoms with E-state index in [2.05, 4.69) is 9.71 Å². The van der Waals surface area contributed by atoms with Crippen molar-refractivity contribution in [2.45, 2.75) is 25.3 Å². The number of amides is 1. The van der Waals surface area contributed by atoms with Crippen molar-refractivity contribution in [1.29, 1.82) is 0 Å². The van der Waals surface area contributed by atoms with Crippen LogP contribution in [0.5, 0.6) is 0 Å². The number of rotatable bonds is 7. The van der Waals surface area contributed by atoms with Crippen molar-refractivity contribution in [1.82, 2.24) is 14.6 Å². The van der Waals surface area contributed by atoms with Crippen molar-refractivity contribution in [3.8, 4) is 0 Å². The number of sulfonamides is 1. The molecule has 1 aromatic heterocycles. The molecule has 1 aromatic carbocycles. The maximum absolute atomic E-state index is 13.3. The fraction of sp³-hybridized carbons (Fsp3) is 0.294. The Morgan fingerprint density at radius 3 is 2.64 bits per heavy atom. The van der Waals surface area contributed by atoms with E-state index in [-0.39, 0.29) is 29.5 Å². The first kappa shape index (κ1) is 19.0. The largest absolute Gasteiger partial charge is 0.336 e. The molecule has 0 aliphatic carbocycles. The van der Waals surface area contributed by atoms with Crippen molar-refractivity contribution in [2.75, 3.05) is 13.1 Å². The molecule has 0 radical (unpaired) electrons. The van der Waals surface area contributed by atoms with E-state index in [1.54, 1.807) is 18.3 Å². The average Bonchev–Trinajstić information content (AvgIpc) is 2.57. The SMILES string of the molecule is CC(=O)N(CCNS(=O)(=O)c1ccc(F)c(C)c1)Cc1ccccn1. The zero-order valence-corrected chi connectivity index (χ0v) is 14.9. The molecule has 25 heavy (non-hydrogen) atoms. The van der Waals surface area contributed by atoms with Crippen LogP contribution in [0.3, 0.4) is 0 Å². The molecule has 2 rings (SSSR count). The molecule has 8 heteroatoms. The molecule has 2 aromatic rings. The van der Waals surface area contributed by atoms with E-state index >= 15 is 0 Å². The Morgan fingerprint density at radius 2 is 2.04 bits per heavy atom. The van der Waals surface area contributed by atoms with E-state index in [9.17, 15) is 17.6 Å². The first-order valence-electron chi connectivity index (χ1n) is 7.71. The van der Waals surface area contributed by atoms with Crippen LogP contribution in [0.2, 0.25) is 0 Å². The number of aryl methyl sites for hydroxylation is 1. The number of halogens is 1. The molecule has 0 saturated carbocycles. The molecule has 1 amide bonds. The van der Waals surface area contributed by atoms with Gasteiger partial charge in [0.05, 0.1) is 17.1 Å². The van der Waals surface area contributed by atoms with Crippen molar-refractivity contribution >= 4 is 15.9 Å². The lowest BCUT2D eigenvalue weighted by molar-refractivity contribution is -0.129. The van der Waals surface area contributed by atoms with E-state index in [1.165, 1.54) is 30.9 Å². The monoisotopic (exact) mass is 365 g/mol. The number of aromatic nitrogens is 1. The fourth-order valence-corrected chi connectivity index (χ4v) is 3.32. The highest BCUT2D eigenvalue weighted by atomic mass is 32.2. The zero-order valence-electron chi connectivity index (χ0n) is 14.1. The van der Waals surface area contributed by atoms with Gasteiger partial charge in [0.2, 0.25) is 15.9 Å². The molecule has 6 nitrogen and oxygen atoms in total. The summed E-state index contributed by atoms with van der Waals surface area (Å²) >= 11 is 0. The molecule has 0 atom stereocenters. The number of hydrogen-bond acceptors (Lipinski definition) is 4. The fourth-order valence-electron chi connectivity index (χ4n) is 2.22. The van der Waals surface area contributed by atoms with Crippen LogP contribution < -0.4 is 4.72 Å². The van der Waals surface area contributed by atoms with Gasteiger partial charge >= 0.3 is 0 Å². The van der Waals surface area contributed by atoms with Gasteiger partial charge in [-0.15, -0.1) is 0 Å². The van der Waals surface area contributed by atoms with Crippen molar-refractivity contribution in [3.63, 3.8) is 0 Å². The molecule has 0 spiro atoms. The van der Waals surface area contributed by atoms with Crippen LogP contribution in [0.15, 0.2) is 47.5 Å². The molecule has 134 valence electrons. The Balaban J connectivity index is 1.98. The quantitative estimate of drug-likeness (QED) is 0.812. The number of carbonyl (C=O) groups excluding carboxylic acids is 1. The van der Waals surface area contributed by atoms with Gasteiger partial charge in [-0.2, -0.15) is 0 Å². The van der Waals surface area contributed by atoms with Gasteiger partial charge in [0.15, 0.2) is 0 Å². The van der Waals surface area contributed by atoms with Crippen LogP contribution in [-0.2, 0) is 21.4 Å². The molecule has 0 bridgehead atoms. The first-order valence-corrected chi connectivity index (χ1v) is 9.19. The van der Waals surface area contributed by atoms with Crippen LogP contribution in [0.1, 0.15) is 18.2 Å². The van der Waals surface area contributed by atoms with Gasteiger partial charge < -0.3 is 4.90 Å². The third kappa shape index (κ3) is 5.33. The maximum atomic E-state index is 13.3. The minimum atomic E-state index is -3.76. The third-order valence-corrected chi connectivity index (χ3v) is 5.10. The molecular weight excluding hydrogens is 345 g/mol. The second-order valence-electron chi connectivity index (χ2n) is 5.57. The maximum Gasteiger partial charge on any atom is 0.240 e. The van der Waals surface area contributed by atoms with E-state index in [0.29, 0.717) is 6.54 Å². The zero-order chi connectivity index (χ0) is 18.4. The van der Waals surface area contributed by atoms with Crippen LogP contribution >= 0.6 is 0 Å². The lowest BCUT2D eigenvalue weighted by Gasteiger charge is -2.21. The van der Waals surface area contributed by atoms with Gasteiger partial charge in [0.25, 0.3) is 0 Å². The van der Waals surface area contributed by atoms with Gasteiger partial charge in [-0.05, 0) is 42.8 Å². The summed E-state index contributed by atoms with van der Waals surface area (Å²) in [5.41, 5.74) is 0.970. The smallest absolute Gasteiger partial charge is 0.240 e. The second kappa shape index (κ2) is 8.17. The number of nitrogens with one attached hydrogen (secondary N) is 1. The number of pyridine rings is 1. The highest BCUT2D eigenvalue weighted by Crippen LogP contribution is 2.14. The lowest BCUT2D eigenvalue weighted by atomic mass is 10.2. The summed E-state index contributed by atoms with van der Waals surface area (Å²) in [7, 11) is -3.76. The summed E-state index contributed by atoms with van der Waals surface area (Å²) in [6, 6.07) is 8.99. The van der Waals surface area contributed by atoms with Crippen molar-refractivity contribution in [2.24, 2.45) is 0 Å². The van der Waals surface area contributed by atoms with Crippen LogP contribution in [-0.4, -0.2) is 37.3 Å². The van der Waals surface area contributed by atoms with E-state index < -0.39 is 15.8 Å². The summed E-state index contributed by atoms with van der Waals surface area (Å²) in [5, 5.41) is 0. The van der Waals surface area contributed by atoms with E-state index in [0.717, 1.165) is 11.8 Å². The van der Waals surface area contributed by atoms with E-state index in [1.807, 2.05) is 6.07 Å². The minimum Gasteiger partial charge on any atom is -0.336 e. The van der Waals surface area contributed by atoms with Crippen molar-refractivity contribution < 1.29 is 17.6 Å². The standard InChI is InChI=1S/C17H20FN3O3S/c1-13-11-16(6-7-17(13)18)25(23,24)20-9-10-21(14(2)22)12-15-5-3-4-8-19-15/h3-8,11,20H,9-10,12H2,1-2H3. The molecule has 0 unspecified atom stereocenters. The van der Waals surface area contributed by atoms with Crippen LogP contribution in [0.25, 0.3) is 0 Å². The van der Waals surface area contributed by atoms with Crippen LogP contribution in [0, 0.1) is 12.7 Å². The van der Waals surface area contributed by atoms with Gasteiger partial charge in [0.1, 0.15) is 5.82 Å². The normalized spacial score (nSPS) is 11.3. The topological polar surface area (TPSA) is 79.4 Å². The molecule has 0 fully saturated rings. The number of carbonyl (C=O) groups is 1. The van der Waals surface area contributed by atoms with Crippen LogP contribution in [0.4, 0.5) is 4.39 Å². The van der Waals surface area contributed by atoms with Crippen molar-refractivity contribution in [3.05, 3.63) is 59.7 Å². The Morgan fingerprint density at radius 1 is 1.28 bits per heavy atom. The summed E-state index contributed by atoms with van der Waals surface area (Å²) in [6.07, 6.45) is 1.63. The molecule has 0 aliphatic rings. The second-order valence-corrected chi connectivity index (χ2v) is 7.34. The minimum absolute atomic E-state index is 0.00880. The summed E-state index contributed by atoms with van der Waals surface area (Å²) in [6.45, 7) is 3.46. The molecule has 0 aliphatic heterocycles. The Labute approximate surface area is 146 Å². The number of benzene rings is 1. The molecular formula is C17H20FN3O3S. The highest BCUT2D eigenvalue weighted by molar-refractivity contribution is 7.89. The summed E-state index contributed by atoms with van der Waals surface area (Å²) in [4.78, 5) is 17.4. The molecule has 0 saturated heterocycles. The Hall–Kier alpha value is -2.32. The van der Waals surface area contributed by atoms with Gasteiger partial charge in [-0.3, -0.25) is 9.78 Å². The molecule has 1 heterocycles.